The summed E-state index contributed by atoms with van der Waals surface area (Å²) in [6.07, 6.45) is 23.7. The zero-order valence-electron chi connectivity index (χ0n) is 70.5. The lowest BCUT2D eigenvalue weighted by molar-refractivity contribution is -0.124. The van der Waals surface area contributed by atoms with Gasteiger partial charge in [0.15, 0.2) is 5.75 Å². The predicted molar refractivity (Wildman–Crippen MR) is 471 cm³/mol. The molecule has 0 spiro atoms. The fourth-order valence-electron chi connectivity index (χ4n) is 15.5. The number of carbonyl (C=O) groups is 5. The molecule has 0 aliphatic carbocycles. The molecule has 620 valence electrons. The van der Waals surface area contributed by atoms with Crippen LogP contribution < -0.4 is 63.0 Å². The average molecular weight is 1600 g/mol. The molecule has 0 aromatic heterocycles. The first kappa shape index (κ1) is 96.7. The zero-order valence-corrected chi connectivity index (χ0v) is 72.8. The van der Waals surface area contributed by atoms with Gasteiger partial charge in [-0.2, -0.15) is 11.8 Å². The van der Waals surface area contributed by atoms with Crippen molar-refractivity contribution in [2.45, 2.75) is 346 Å². The van der Waals surface area contributed by atoms with E-state index in [2.05, 4.69) is 210 Å². The smallest absolute Gasteiger partial charge is 0.268 e. The summed E-state index contributed by atoms with van der Waals surface area (Å²) in [4.78, 5) is 114. The van der Waals surface area contributed by atoms with Crippen LogP contribution in [-0.2, 0) is 40.2 Å². The SMILES string of the molecule is C.CCCCC(CC)CNC(=O)CCC(=O)Nc1cc2c(cc1-c1c(O)c(=O)c1=O)C(C)(C)C(C)N2C(C)C.CCCCC(CC)CNC(=O)CCC(=O)Nc1ccc2c(c1)N(C(C)C)C(C)C2(C)C.CCCCCCCCCCCCSCCC(=O)Nc1ccc2c(c1)N(C(C)C)C(C)C2(C)C.O=c1c(Cl)c(Cl)c1=O. The van der Waals surface area contributed by atoms with Crippen LogP contribution in [-0.4, -0.2) is 95.5 Å². The van der Waals surface area contributed by atoms with Crippen molar-refractivity contribution in [3.8, 4) is 16.9 Å². The quantitative estimate of drug-likeness (QED) is 0.0158. The summed E-state index contributed by atoms with van der Waals surface area (Å²) in [5, 5.41) is 24.9. The summed E-state index contributed by atoms with van der Waals surface area (Å²) in [6, 6.07) is 18.3. The van der Waals surface area contributed by atoms with Crippen LogP contribution in [0.3, 0.4) is 0 Å². The average Bonchev–Trinajstić information content (AvgIpc) is 1.63. The Labute approximate surface area is 680 Å². The lowest BCUT2D eigenvalue weighted by atomic mass is 9.80. The minimum absolute atomic E-state index is 0. The number of halogens is 2. The summed E-state index contributed by atoms with van der Waals surface area (Å²) in [5.41, 5.74) is 6.26. The summed E-state index contributed by atoms with van der Waals surface area (Å²) < 4.78 is 0. The molecule has 5 aromatic rings. The van der Waals surface area contributed by atoms with Gasteiger partial charge in [0.1, 0.15) is 10.0 Å². The predicted octanol–water partition coefficient (Wildman–Crippen LogP) is 20.0. The van der Waals surface area contributed by atoms with Gasteiger partial charge in [-0.25, -0.2) is 0 Å². The molecule has 5 atom stereocenters. The third-order valence-corrected chi connectivity index (χ3v) is 25.3. The van der Waals surface area contributed by atoms with Crippen molar-refractivity contribution in [2.75, 3.05) is 55.2 Å². The van der Waals surface area contributed by atoms with Crippen LogP contribution in [0, 0.1) is 11.8 Å². The maximum atomic E-state index is 12.9. The molecule has 3 heterocycles. The molecule has 3 aliphatic rings. The summed E-state index contributed by atoms with van der Waals surface area (Å²) >= 11 is 12.2. The van der Waals surface area contributed by atoms with E-state index in [1.54, 1.807) is 0 Å². The highest BCUT2D eigenvalue weighted by Crippen LogP contribution is 2.51. The Bertz CT molecular complexity index is 3950. The van der Waals surface area contributed by atoms with Crippen LogP contribution in [0.15, 0.2) is 67.7 Å². The number of rotatable bonds is 39. The van der Waals surface area contributed by atoms with E-state index in [4.69, 9.17) is 23.2 Å². The van der Waals surface area contributed by atoms with Crippen LogP contribution in [0.5, 0.6) is 5.75 Å². The van der Waals surface area contributed by atoms with E-state index in [1.807, 2.05) is 30.0 Å². The molecule has 0 radical (unpaired) electrons. The molecular weight excluding hydrogens is 1460 g/mol. The van der Waals surface area contributed by atoms with Crippen LogP contribution in [0.2, 0.25) is 10.0 Å². The monoisotopic (exact) mass is 1590 g/mol. The molecule has 111 heavy (non-hydrogen) atoms. The molecule has 8 rings (SSSR count). The number of amides is 5. The van der Waals surface area contributed by atoms with Crippen molar-refractivity contribution in [1.82, 2.24) is 10.6 Å². The highest BCUT2D eigenvalue weighted by atomic mass is 35.5. The molecule has 5 unspecified atom stereocenters. The third-order valence-electron chi connectivity index (χ3n) is 23.4. The number of aromatic hydroxyl groups is 1. The fraction of sp³-hybridized carbons (Fsp3) is 0.656. The number of benzene rings is 3. The van der Waals surface area contributed by atoms with Crippen LogP contribution in [0.1, 0.15) is 310 Å². The Hall–Kier alpha value is -6.70. The third kappa shape index (κ3) is 25.9. The van der Waals surface area contributed by atoms with Gasteiger partial charge < -0.3 is 46.4 Å². The van der Waals surface area contributed by atoms with E-state index >= 15 is 0 Å². The first-order valence-corrected chi connectivity index (χ1v) is 43.3. The Morgan fingerprint density at radius 1 is 0.450 bits per heavy atom. The van der Waals surface area contributed by atoms with Gasteiger partial charge in [-0.15, -0.1) is 0 Å². The number of carbonyl (C=O) groups excluding carboxylic acids is 5. The topological polar surface area (TPSA) is 244 Å². The summed E-state index contributed by atoms with van der Waals surface area (Å²) in [7, 11) is 0. The molecule has 18 nitrogen and oxygen atoms in total. The maximum absolute atomic E-state index is 12.9. The second-order valence-corrected chi connectivity index (χ2v) is 35.4. The zero-order chi connectivity index (χ0) is 82.1. The van der Waals surface area contributed by atoms with E-state index in [0.29, 0.717) is 66.8 Å². The molecule has 0 saturated heterocycles. The van der Waals surface area contributed by atoms with E-state index in [1.165, 1.54) is 105 Å². The van der Waals surface area contributed by atoms with Crippen molar-refractivity contribution >= 4 is 98.6 Å². The first-order valence-electron chi connectivity index (χ1n) is 41.4. The molecular formula is C90H140Cl2N8O10S. The molecule has 0 bridgehead atoms. The van der Waals surface area contributed by atoms with E-state index in [9.17, 15) is 48.3 Å². The lowest BCUT2D eigenvalue weighted by Crippen LogP contribution is -2.42. The van der Waals surface area contributed by atoms with Gasteiger partial charge in [0.2, 0.25) is 45.8 Å². The number of unbranched alkanes of at least 4 members (excludes halogenated alkanes) is 11. The van der Waals surface area contributed by atoms with Crippen molar-refractivity contribution in [3.63, 3.8) is 0 Å². The second kappa shape index (κ2) is 45.4. The second-order valence-electron chi connectivity index (χ2n) is 33.4. The molecule has 0 fully saturated rings. The van der Waals surface area contributed by atoms with Gasteiger partial charge in [-0.05, 0) is 152 Å². The maximum Gasteiger partial charge on any atom is 0.268 e. The minimum atomic E-state index is -0.921. The van der Waals surface area contributed by atoms with Gasteiger partial charge in [-0.3, -0.25) is 43.2 Å². The number of thioether (sulfide) groups is 1. The normalized spacial score (nSPS) is 16.7. The van der Waals surface area contributed by atoms with Crippen molar-refractivity contribution in [2.24, 2.45) is 11.8 Å². The number of hydrogen-bond acceptors (Lipinski definition) is 14. The number of fused-ring (bicyclic) bond motifs is 3. The standard InChI is InChI=1S/C30H43N3O5.C29H50N2OS.C26H43N3O2.C4Cl2O2.CH4/c1-8-10-11-19(9-2)16-31-24(34)12-13-25(35)32-22-15-23-21(30(6,7)18(5)33(23)17(3)4)14-20(22)26-27(36)29(38)28(26)37;1-7-8-9-10-11-12-13-14-15-16-20-33-21-19-28(32)30-25-17-18-26-27(22-25)31(23(2)3)24(4)29(26,5)6;1-8-10-11-20(9-2)17-27-24(30)14-15-25(31)28-21-12-13-22-23(16-21)29(18(3)4)19(5)26(22,6)7;5-1-2(6)4(8)3(1)7;/h14-15,17-19,36H,8-13,16H2,1-7H3,(H,31,34)(H,32,35);17-18,22-24H,7-16,19-21H2,1-6H3,(H,30,32);12-13,16,18-20H,8-11,14-15,17H2,1-7H3,(H,27,30)(H,28,31);;1H4. The largest absolute Gasteiger partial charge is 0.503 e. The Balaban J connectivity index is 0.000000333. The molecule has 21 heteroatoms. The summed E-state index contributed by atoms with van der Waals surface area (Å²) in [5.74, 6) is 1.89. The van der Waals surface area contributed by atoms with Crippen LogP contribution >= 0.6 is 35.0 Å². The van der Waals surface area contributed by atoms with Gasteiger partial charge in [0, 0.05) is 137 Å². The molecule has 6 N–H and O–H groups in total. The lowest BCUT2D eigenvalue weighted by Gasteiger charge is -2.34. The van der Waals surface area contributed by atoms with Gasteiger partial charge in [0.25, 0.3) is 5.43 Å². The molecule has 3 aliphatic heterocycles. The molecule has 5 amide bonds. The summed E-state index contributed by atoms with van der Waals surface area (Å²) in [6.45, 7) is 45.5. The fourth-order valence-corrected chi connectivity index (χ4v) is 16.8. The van der Waals surface area contributed by atoms with E-state index in [0.717, 1.165) is 66.9 Å². The Morgan fingerprint density at radius 3 is 1.19 bits per heavy atom. The number of nitrogens with zero attached hydrogens (tertiary/aromatic N) is 3. The van der Waals surface area contributed by atoms with Crippen LogP contribution in [0.4, 0.5) is 34.1 Å². The Kier molecular flexibility index (Phi) is 39.5. The van der Waals surface area contributed by atoms with Crippen LogP contribution in [0.25, 0.3) is 11.1 Å². The highest BCUT2D eigenvalue weighted by Gasteiger charge is 2.46. The minimum Gasteiger partial charge on any atom is -0.503 e. The van der Waals surface area contributed by atoms with E-state index in [-0.39, 0.29) is 107 Å². The molecule has 5 aromatic carbocycles. The number of anilines is 6. The molecule has 0 saturated carbocycles. The van der Waals surface area contributed by atoms with Crippen molar-refractivity contribution in [1.29, 1.82) is 0 Å². The number of hydrogen-bond donors (Lipinski definition) is 6. The first-order chi connectivity index (χ1) is 51.9. The van der Waals surface area contributed by atoms with Crippen molar-refractivity contribution in [3.05, 3.63) is 116 Å². The highest BCUT2D eigenvalue weighted by molar-refractivity contribution is 7.99. The van der Waals surface area contributed by atoms with Gasteiger partial charge >= 0.3 is 0 Å². The van der Waals surface area contributed by atoms with Crippen molar-refractivity contribution < 1.29 is 29.1 Å². The van der Waals surface area contributed by atoms with Gasteiger partial charge in [-0.1, -0.05) is 215 Å². The Morgan fingerprint density at radius 2 is 0.811 bits per heavy atom. The van der Waals surface area contributed by atoms with Gasteiger partial charge in [0.05, 0.1) is 11.3 Å². The number of nitrogens with one attached hydrogen (secondary N) is 5. The van der Waals surface area contributed by atoms with E-state index < -0.39 is 27.5 Å².